The summed E-state index contributed by atoms with van der Waals surface area (Å²) in [5.74, 6) is -1.18. The van der Waals surface area contributed by atoms with E-state index < -0.39 is 12.0 Å². The first-order valence-corrected chi connectivity index (χ1v) is 5.37. The average molecular weight is 234 g/mol. The molecule has 0 fully saturated rings. The van der Waals surface area contributed by atoms with Gasteiger partial charge in [-0.05, 0) is 25.0 Å². The second-order valence-corrected chi connectivity index (χ2v) is 4.17. The van der Waals surface area contributed by atoms with Gasteiger partial charge < -0.3 is 10.4 Å². The Bertz CT molecular complexity index is 497. The molecule has 5 heteroatoms. The molecule has 1 heterocycles. The zero-order valence-corrected chi connectivity index (χ0v) is 9.70. The van der Waals surface area contributed by atoms with Crippen molar-refractivity contribution < 1.29 is 14.7 Å². The first kappa shape index (κ1) is 11.6. The van der Waals surface area contributed by atoms with E-state index in [0.717, 1.165) is 22.4 Å². The van der Waals surface area contributed by atoms with Crippen LogP contribution in [0.1, 0.15) is 22.7 Å². The van der Waals surface area contributed by atoms with E-state index in [1.54, 1.807) is 0 Å². The smallest absolute Gasteiger partial charge is 0.317 e. The van der Waals surface area contributed by atoms with Crippen LogP contribution in [0.15, 0.2) is 12.1 Å². The highest BCUT2D eigenvalue weighted by atomic mass is 16.4. The van der Waals surface area contributed by atoms with E-state index in [0.29, 0.717) is 0 Å². The normalized spacial score (nSPS) is 17.8. The van der Waals surface area contributed by atoms with Crippen LogP contribution in [-0.4, -0.2) is 23.5 Å². The van der Waals surface area contributed by atoms with Gasteiger partial charge in [-0.3, -0.25) is 14.9 Å². The summed E-state index contributed by atoms with van der Waals surface area (Å²) < 4.78 is 0. The molecule has 0 aromatic heterocycles. The lowest BCUT2D eigenvalue weighted by atomic mass is 10.0. The maximum atomic E-state index is 11.7. The Labute approximate surface area is 98.8 Å². The summed E-state index contributed by atoms with van der Waals surface area (Å²) in [7, 11) is 0. The summed E-state index contributed by atoms with van der Waals surface area (Å²) in [4.78, 5) is 22.2. The zero-order valence-electron chi connectivity index (χ0n) is 9.70. The minimum Gasteiger partial charge on any atom is -0.480 e. The van der Waals surface area contributed by atoms with Gasteiger partial charge in [0, 0.05) is 11.3 Å². The van der Waals surface area contributed by atoms with E-state index >= 15 is 0 Å². The highest BCUT2D eigenvalue weighted by Crippen LogP contribution is 2.34. The first-order chi connectivity index (χ1) is 8.00. The summed E-state index contributed by atoms with van der Waals surface area (Å²) >= 11 is 0. The molecule has 17 heavy (non-hydrogen) atoms. The van der Waals surface area contributed by atoms with Gasteiger partial charge in [0.1, 0.15) is 6.04 Å². The van der Waals surface area contributed by atoms with Crippen LogP contribution < -0.4 is 10.6 Å². The zero-order chi connectivity index (χ0) is 12.6. The Morgan fingerprint density at radius 1 is 1.47 bits per heavy atom. The Morgan fingerprint density at radius 3 is 2.82 bits per heavy atom. The predicted octanol–water partition coefficient (Wildman–Crippen LogP) is 0.971. The third-order valence-electron chi connectivity index (χ3n) is 3.05. The molecule has 2 rings (SSSR count). The van der Waals surface area contributed by atoms with Gasteiger partial charge >= 0.3 is 5.97 Å². The van der Waals surface area contributed by atoms with Crippen molar-refractivity contribution in [2.75, 3.05) is 11.9 Å². The molecule has 0 saturated carbocycles. The third-order valence-corrected chi connectivity index (χ3v) is 3.05. The number of rotatable bonds is 3. The highest BCUT2D eigenvalue weighted by Gasteiger charge is 2.31. The Hall–Kier alpha value is -1.88. The predicted molar refractivity (Wildman–Crippen MR) is 62.9 cm³/mol. The highest BCUT2D eigenvalue weighted by molar-refractivity contribution is 6.03. The van der Waals surface area contributed by atoms with Gasteiger partial charge in [0.05, 0.1) is 6.54 Å². The fourth-order valence-corrected chi connectivity index (χ4v) is 1.97. The average Bonchev–Trinajstić information content (AvgIpc) is 2.58. The number of carbonyl (C=O) groups excluding carboxylic acids is 1. The van der Waals surface area contributed by atoms with E-state index in [4.69, 9.17) is 5.11 Å². The van der Waals surface area contributed by atoms with Gasteiger partial charge in [0.25, 0.3) is 0 Å². The number of carboxylic acids is 1. The van der Waals surface area contributed by atoms with Crippen LogP contribution in [-0.2, 0) is 9.59 Å². The largest absolute Gasteiger partial charge is 0.480 e. The molecule has 1 unspecified atom stereocenters. The van der Waals surface area contributed by atoms with Crippen molar-refractivity contribution in [1.29, 1.82) is 0 Å². The molecule has 0 radical (unpaired) electrons. The molecule has 1 aromatic rings. The number of hydrogen-bond acceptors (Lipinski definition) is 3. The van der Waals surface area contributed by atoms with E-state index in [2.05, 4.69) is 10.6 Å². The topological polar surface area (TPSA) is 78.4 Å². The van der Waals surface area contributed by atoms with Crippen LogP contribution in [0.3, 0.4) is 0 Å². The van der Waals surface area contributed by atoms with Gasteiger partial charge in [0.15, 0.2) is 0 Å². The standard InChI is InChI=1S/C12H14N2O3/c1-6-3-4-8-10(7(6)2)14-12(17)11(8)13-5-9(15)16/h3-4,11,13H,5H2,1-2H3,(H,14,17)(H,15,16). The van der Waals surface area contributed by atoms with Crippen molar-refractivity contribution in [3.05, 3.63) is 28.8 Å². The molecule has 1 atom stereocenters. The molecule has 1 aliphatic heterocycles. The molecule has 0 spiro atoms. The molecule has 90 valence electrons. The molecule has 0 bridgehead atoms. The van der Waals surface area contributed by atoms with Gasteiger partial charge in [-0.1, -0.05) is 12.1 Å². The second kappa shape index (κ2) is 4.18. The molecule has 1 amide bonds. The SMILES string of the molecule is Cc1ccc2c(c1C)NC(=O)C2NCC(=O)O. The van der Waals surface area contributed by atoms with Crippen LogP contribution in [0.25, 0.3) is 0 Å². The molecule has 3 N–H and O–H groups in total. The van der Waals surface area contributed by atoms with E-state index in [1.165, 1.54) is 0 Å². The van der Waals surface area contributed by atoms with Crippen LogP contribution in [0.4, 0.5) is 5.69 Å². The maximum absolute atomic E-state index is 11.7. The third kappa shape index (κ3) is 2.01. The Kier molecular flexibility index (Phi) is 2.85. The summed E-state index contributed by atoms with van der Waals surface area (Å²) in [6, 6.07) is 3.22. The lowest BCUT2D eigenvalue weighted by Crippen LogP contribution is -2.31. The monoisotopic (exact) mass is 234 g/mol. The van der Waals surface area contributed by atoms with Gasteiger partial charge in [-0.15, -0.1) is 0 Å². The number of nitrogens with one attached hydrogen (secondary N) is 2. The lowest BCUT2D eigenvalue weighted by Gasteiger charge is -2.10. The number of aryl methyl sites for hydroxylation is 1. The molecule has 0 aliphatic carbocycles. The quantitative estimate of drug-likeness (QED) is 0.728. The van der Waals surface area contributed by atoms with Crippen molar-refractivity contribution in [3.63, 3.8) is 0 Å². The molecule has 0 saturated heterocycles. The minimum absolute atomic E-state index is 0.199. The minimum atomic E-state index is -0.977. The Balaban J connectivity index is 2.31. The first-order valence-electron chi connectivity index (χ1n) is 5.37. The number of benzene rings is 1. The van der Waals surface area contributed by atoms with Gasteiger partial charge in [-0.2, -0.15) is 0 Å². The number of anilines is 1. The fourth-order valence-electron chi connectivity index (χ4n) is 1.97. The summed E-state index contributed by atoms with van der Waals surface area (Å²) in [5, 5.41) is 14.1. The summed E-state index contributed by atoms with van der Waals surface area (Å²) in [5.41, 5.74) is 3.75. The van der Waals surface area contributed by atoms with Crippen molar-refractivity contribution in [2.24, 2.45) is 0 Å². The number of carbonyl (C=O) groups is 2. The number of amides is 1. The number of hydrogen-bond donors (Lipinski definition) is 3. The van der Waals surface area contributed by atoms with E-state index in [9.17, 15) is 9.59 Å². The fraction of sp³-hybridized carbons (Fsp3) is 0.333. The molecular weight excluding hydrogens is 220 g/mol. The van der Waals surface area contributed by atoms with Gasteiger partial charge in [-0.25, -0.2) is 0 Å². The van der Waals surface area contributed by atoms with E-state index in [-0.39, 0.29) is 12.5 Å². The van der Waals surface area contributed by atoms with Gasteiger partial charge in [0.2, 0.25) is 5.91 Å². The van der Waals surface area contributed by atoms with Crippen LogP contribution in [0.2, 0.25) is 0 Å². The maximum Gasteiger partial charge on any atom is 0.317 e. The molecule has 5 nitrogen and oxygen atoms in total. The van der Waals surface area contributed by atoms with Crippen molar-refractivity contribution in [3.8, 4) is 0 Å². The van der Waals surface area contributed by atoms with Crippen molar-refractivity contribution in [1.82, 2.24) is 5.32 Å². The number of fused-ring (bicyclic) bond motifs is 1. The number of aliphatic carboxylic acids is 1. The molecular formula is C12H14N2O3. The molecule has 1 aliphatic rings. The van der Waals surface area contributed by atoms with Crippen LogP contribution in [0, 0.1) is 13.8 Å². The second-order valence-electron chi connectivity index (χ2n) is 4.17. The van der Waals surface area contributed by atoms with Crippen LogP contribution >= 0.6 is 0 Å². The van der Waals surface area contributed by atoms with E-state index in [1.807, 2.05) is 26.0 Å². The number of carboxylic acid groups (broad SMARTS) is 1. The van der Waals surface area contributed by atoms with Crippen LogP contribution in [0.5, 0.6) is 0 Å². The Morgan fingerprint density at radius 2 is 2.18 bits per heavy atom. The lowest BCUT2D eigenvalue weighted by molar-refractivity contribution is -0.136. The summed E-state index contributed by atoms with van der Waals surface area (Å²) in [6.45, 7) is 3.68. The molecule has 1 aromatic carbocycles. The van der Waals surface area contributed by atoms with Crippen molar-refractivity contribution >= 4 is 17.6 Å². The summed E-state index contributed by atoms with van der Waals surface area (Å²) in [6.07, 6.45) is 0. The van der Waals surface area contributed by atoms with Crippen molar-refractivity contribution in [2.45, 2.75) is 19.9 Å².